The van der Waals surface area contributed by atoms with E-state index in [1.54, 1.807) is 11.0 Å². The Morgan fingerprint density at radius 1 is 1.22 bits per heavy atom. The molecule has 23 heavy (non-hydrogen) atoms. The standard InChI is InChI=1S/C20H24FNO/c1-15-5-7-17(8-6-15)18-4-3-11-20(21,14-18)19(23)22-12-9-16(2)10-13-22/h3-8,11,16H,9-10,12-14H2,1-2H3. The van der Waals surface area contributed by atoms with Gasteiger partial charge in [0.25, 0.3) is 5.91 Å². The number of carbonyl (C=O) groups is 1. The molecule has 0 saturated carbocycles. The van der Waals surface area contributed by atoms with Crippen LogP contribution in [0.15, 0.2) is 42.5 Å². The summed E-state index contributed by atoms with van der Waals surface area (Å²) in [7, 11) is 0. The van der Waals surface area contributed by atoms with Crippen molar-refractivity contribution in [2.75, 3.05) is 13.1 Å². The molecular weight excluding hydrogens is 289 g/mol. The molecule has 0 radical (unpaired) electrons. The van der Waals surface area contributed by atoms with Crippen LogP contribution in [0.2, 0.25) is 0 Å². The second kappa shape index (κ2) is 6.31. The summed E-state index contributed by atoms with van der Waals surface area (Å²) in [6, 6.07) is 8.02. The van der Waals surface area contributed by atoms with Gasteiger partial charge in [-0.25, -0.2) is 4.39 Å². The molecule has 1 atom stereocenters. The van der Waals surface area contributed by atoms with Crippen molar-refractivity contribution in [1.82, 2.24) is 4.90 Å². The summed E-state index contributed by atoms with van der Waals surface area (Å²) in [5.41, 5.74) is 1.14. The van der Waals surface area contributed by atoms with Gasteiger partial charge < -0.3 is 4.90 Å². The number of nitrogens with zero attached hydrogens (tertiary/aromatic N) is 1. The summed E-state index contributed by atoms with van der Waals surface area (Å²) in [5, 5.41) is 0. The van der Waals surface area contributed by atoms with Gasteiger partial charge in [-0.1, -0.05) is 48.9 Å². The quantitative estimate of drug-likeness (QED) is 0.797. The van der Waals surface area contributed by atoms with E-state index in [1.165, 1.54) is 11.6 Å². The summed E-state index contributed by atoms with van der Waals surface area (Å²) in [4.78, 5) is 14.4. The van der Waals surface area contributed by atoms with Crippen LogP contribution in [-0.2, 0) is 4.79 Å². The Hall–Kier alpha value is -1.90. The van der Waals surface area contributed by atoms with Crippen molar-refractivity contribution in [3.8, 4) is 0 Å². The lowest BCUT2D eigenvalue weighted by atomic mass is 9.86. The van der Waals surface area contributed by atoms with Gasteiger partial charge in [0.2, 0.25) is 5.67 Å². The third-order valence-corrected chi connectivity index (χ3v) is 4.95. The van der Waals surface area contributed by atoms with E-state index in [0.717, 1.165) is 24.0 Å². The molecule has 0 aromatic heterocycles. The lowest BCUT2D eigenvalue weighted by molar-refractivity contribution is -0.142. The molecule has 1 aromatic rings. The van der Waals surface area contributed by atoms with E-state index >= 15 is 4.39 Å². The highest BCUT2D eigenvalue weighted by Gasteiger charge is 2.41. The van der Waals surface area contributed by atoms with Crippen molar-refractivity contribution in [1.29, 1.82) is 0 Å². The van der Waals surface area contributed by atoms with Gasteiger partial charge >= 0.3 is 0 Å². The minimum Gasteiger partial charge on any atom is -0.340 e. The Labute approximate surface area is 137 Å². The van der Waals surface area contributed by atoms with Crippen LogP contribution in [-0.4, -0.2) is 29.6 Å². The average Bonchev–Trinajstić information content (AvgIpc) is 2.55. The van der Waals surface area contributed by atoms with Crippen molar-refractivity contribution in [3.05, 3.63) is 53.6 Å². The number of alkyl halides is 1. The second-order valence-electron chi connectivity index (χ2n) is 6.93. The average molecular weight is 313 g/mol. The smallest absolute Gasteiger partial charge is 0.264 e. The first-order chi connectivity index (χ1) is 11.0. The number of rotatable bonds is 2. The van der Waals surface area contributed by atoms with Gasteiger partial charge in [-0.2, -0.15) is 0 Å². The Morgan fingerprint density at radius 3 is 2.52 bits per heavy atom. The Morgan fingerprint density at radius 2 is 1.87 bits per heavy atom. The minimum atomic E-state index is -1.91. The fourth-order valence-electron chi connectivity index (χ4n) is 3.30. The van der Waals surface area contributed by atoms with Crippen molar-refractivity contribution in [3.63, 3.8) is 0 Å². The van der Waals surface area contributed by atoms with Gasteiger partial charge in [-0.15, -0.1) is 0 Å². The van der Waals surface area contributed by atoms with Gasteiger partial charge in [-0.3, -0.25) is 4.79 Å². The highest BCUT2D eigenvalue weighted by Crippen LogP contribution is 2.35. The SMILES string of the molecule is Cc1ccc(C2=CC=CC(F)(C(=O)N3CCC(C)CC3)C2)cc1. The van der Waals surface area contributed by atoms with Gasteiger partial charge in [0, 0.05) is 19.5 Å². The maximum absolute atomic E-state index is 15.3. The van der Waals surface area contributed by atoms with Crippen molar-refractivity contribution in [2.24, 2.45) is 5.92 Å². The maximum atomic E-state index is 15.3. The molecule has 3 heteroatoms. The first-order valence-electron chi connectivity index (χ1n) is 8.42. The van der Waals surface area contributed by atoms with Gasteiger partial charge in [0.1, 0.15) is 0 Å². The summed E-state index contributed by atoms with van der Waals surface area (Å²) < 4.78 is 15.3. The van der Waals surface area contributed by atoms with E-state index in [4.69, 9.17) is 0 Å². The van der Waals surface area contributed by atoms with Crippen molar-refractivity contribution in [2.45, 2.75) is 38.8 Å². The number of aryl methyl sites for hydroxylation is 1. The molecule has 1 aliphatic heterocycles. The molecular formula is C20H24FNO. The first-order valence-corrected chi connectivity index (χ1v) is 8.42. The molecule has 1 amide bonds. The number of hydrogen-bond acceptors (Lipinski definition) is 1. The molecule has 1 unspecified atom stereocenters. The van der Waals surface area contributed by atoms with Gasteiger partial charge in [0.15, 0.2) is 0 Å². The van der Waals surface area contributed by atoms with Gasteiger partial charge in [-0.05, 0) is 42.9 Å². The summed E-state index contributed by atoms with van der Waals surface area (Å²) >= 11 is 0. The lowest BCUT2D eigenvalue weighted by Gasteiger charge is -2.35. The summed E-state index contributed by atoms with van der Waals surface area (Å²) in [5.74, 6) is 0.248. The van der Waals surface area contributed by atoms with E-state index in [0.29, 0.717) is 19.0 Å². The zero-order valence-corrected chi connectivity index (χ0v) is 13.9. The molecule has 0 N–H and O–H groups in total. The normalized spacial score (nSPS) is 25.3. The molecule has 2 nitrogen and oxygen atoms in total. The molecule has 122 valence electrons. The predicted octanol–water partition coefficient (Wildman–Crippen LogP) is 4.31. The van der Waals surface area contributed by atoms with E-state index < -0.39 is 5.67 Å². The van der Waals surface area contributed by atoms with Crippen molar-refractivity contribution >= 4 is 11.5 Å². The highest BCUT2D eigenvalue weighted by atomic mass is 19.1. The molecule has 2 aliphatic rings. The zero-order chi connectivity index (χ0) is 16.4. The minimum absolute atomic E-state index is 0.122. The fourth-order valence-corrected chi connectivity index (χ4v) is 3.30. The molecule has 1 aromatic carbocycles. The van der Waals surface area contributed by atoms with Crippen LogP contribution in [0.25, 0.3) is 5.57 Å². The van der Waals surface area contributed by atoms with Crippen LogP contribution < -0.4 is 0 Å². The predicted molar refractivity (Wildman–Crippen MR) is 91.7 cm³/mol. The van der Waals surface area contributed by atoms with Crippen molar-refractivity contribution < 1.29 is 9.18 Å². The Kier molecular flexibility index (Phi) is 4.38. The molecule has 0 spiro atoms. The first kappa shape index (κ1) is 16.0. The number of amides is 1. The molecule has 0 bridgehead atoms. The number of likely N-dealkylation sites (tertiary alicyclic amines) is 1. The number of halogens is 1. The number of piperidine rings is 1. The van der Waals surface area contributed by atoms with E-state index in [-0.39, 0.29) is 12.3 Å². The third-order valence-electron chi connectivity index (χ3n) is 4.95. The highest BCUT2D eigenvalue weighted by molar-refractivity contribution is 5.91. The Balaban J connectivity index is 1.75. The van der Waals surface area contributed by atoms with E-state index in [1.807, 2.05) is 37.3 Å². The number of carbonyl (C=O) groups excluding carboxylic acids is 1. The van der Waals surface area contributed by atoms with Crippen LogP contribution in [0.1, 0.15) is 37.3 Å². The van der Waals surface area contributed by atoms with Crippen LogP contribution in [0.3, 0.4) is 0 Å². The van der Waals surface area contributed by atoms with Crippen LogP contribution >= 0.6 is 0 Å². The topological polar surface area (TPSA) is 20.3 Å². The molecule has 1 fully saturated rings. The zero-order valence-electron chi connectivity index (χ0n) is 13.9. The van der Waals surface area contributed by atoms with E-state index in [2.05, 4.69) is 6.92 Å². The number of hydrogen-bond donors (Lipinski definition) is 0. The molecule has 1 heterocycles. The summed E-state index contributed by atoms with van der Waals surface area (Å²) in [6.45, 7) is 5.55. The molecule has 3 rings (SSSR count). The fraction of sp³-hybridized carbons (Fsp3) is 0.450. The molecule has 1 aliphatic carbocycles. The van der Waals surface area contributed by atoms with Gasteiger partial charge in [0.05, 0.1) is 0 Å². The maximum Gasteiger partial charge on any atom is 0.264 e. The second-order valence-corrected chi connectivity index (χ2v) is 6.93. The van der Waals surface area contributed by atoms with Crippen LogP contribution in [0.5, 0.6) is 0 Å². The monoisotopic (exact) mass is 313 g/mol. The largest absolute Gasteiger partial charge is 0.340 e. The Bertz CT molecular complexity index is 638. The summed E-state index contributed by atoms with van der Waals surface area (Å²) in [6.07, 6.45) is 7.07. The number of allylic oxidation sites excluding steroid dienone is 3. The third kappa shape index (κ3) is 3.39. The molecule has 1 saturated heterocycles. The lowest BCUT2D eigenvalue weighted by Crippen LogP contribution is -2.48. The number of benzene rings is 1. The van der Waals surface area contributed by atoms with E-state index in [9.17, 15) is 4.79 Å². The van der Waals surface area contributed by atoms with Crippen LogP contribution in [0, 0.1) is 12.8 Å². The van der Waals surface area contributed by atoms with Crippen LogP contribution in [0.4, 0.5) is 4.39 Å².